The van der Waals surface area contributed by atoms with Gasteiger partial charge in [-0.3, -0.25) is 0 Å². The molecule has 0 spiro atoms. The number of aliphatic imine (C=N–C) groups is 1. The van der Waals surface area contributed by atoms with Crippen molar-refractivity contribution in [2.24, 2.45) is 4.99 Å². The zero-order valence-corrected chi connectivity index (χ0v) is 18.8. The van der Waals surface area contributed by atoms with Crippen molar-refractivity contribution in [1.82, 2.24) is 15.6 Å². The van der Waals surface area contributed by atoms with Crippen molar-refractivity contribution >= 4 is 39.8 Å². The summed E-state index contributed by atoms with van der Waals surface area (Å²) in [6.07, 6.45) is 7.42. The predicted octanol–water partition coefficient (Wildman–Crippen LogP) is 2.26. The van der Waals surface area contributed by atoms with Crippen LogP contribution in [0.1, 0.15) is 44.6 Å². The second-order valence-corrected chi connectivity index (χ2v) is 9.20. The molecule has 0 bridgehead atoms. The van der Waals surface area contributed by atoms with Crippen LogP contribution in [-0.2, 0) is 16.4 Å². The van der Waals surface area contributed by atoms with E-state index in [0.29, 0.717) is 30.9 Å². The number of hydrogen-bond acceptors (Lipinski definition) is 5. The molecule has 1 saturated carbocycles. The van der Waals surface area contributed by atoms with Crippen LogP contribution in [0.5, 0.6) is 5.88 Å². The highest BCUT2D eigenvalue weighted by atomic mass is 127. The van der Waals surface area contributed by atoms with Gasteiger partial charge in [-0.05, 0) is 44.6 Å². The Kier molecular flexibility index (Phi) is 8.59. The first-order valence-electron chi connectivity index (χ1n) is 9.41. The number of rotatable bonds is 6. The van der Waals surface area contributed by atoms with Gasteiger partial charge >= 0.3 is 0 Å². The third-order valence-corrected chi connectivity index (χ3v) is 6.49. The molecule has 2 N–H and O–H groups in total. The van der Waals surface area contributed by atoms with Crippen molar-refractivity contribution in [3.05, 3.63) is 23.9 Å². The normalized spacial score (nSPS) is 22.3. The molecule has 2 aliphatic rings. The predicted molar refractivity (Wildman–Crippen MR) is 118 cm³/mol. The number of guanidine groups is 1. The quantitative estimate of drug-likeness (QED) is 0.348. The first-order valence-corrected chi connectivity index (χ1v) is 11.2. The van der Waals surface area contributed by atoms with Gasteiger partial charge in [0, 0.05) is 24.8 Å². The Morgan fingerprint density at radius 1 is 1.30 bits per heavy atom. The van der Waals surface area contributed by atoms with E-state index in [1.54, 1.807) is 6.20 Å². The van der Waals surface area contributed by atoms with Gasteiger partial charge in [0.1, 0.15) is 6.10 Å². The molecule has 0 amide bonds. The van der Waals surface area contributed by atoms with E-state index in [9.17, 15) is 8.42 Å². The van der Waals surface area contributed by atoms with Crippen molar-refractivity contribution in [2.75, 3.05) is 18.1 Å². The van der Waals surface area contributed by atoms with E-state index in [4.69, 9.17) is 4.74 Å². The Labute approximate surface area is 178 Å². The molecule has 1 unspecified atom stereocenters. The van der Waals surface area contributed by atoms with Crippen LogP contribution in [0.3, 0.4) is 0 Å². The summed E-state index contributed by atoms with van der Waals surface area (Å²) < 4.78 is 29.1. The molecule has 2 fully saturated rings. The van der Waals surface area contributed by atoms with Crippen molar-refractivity contribution < 1.29 is 13.2 Å². The number of halogens is 1. The molecule has 1 aromatic heterocycles. The van der Waals surface area contributed by atoms with Crippen molar-refractivity contribution in [1.29, 1.82) is 0 Å². The van der Waals surface area contributed by atoms with Crippen molar-refractivity contribution in [3.8, 4) is 5.88 Å². The maximum Gasteiger partial charge on any atom is 0.213 e. The van der Waals surface area contributed by atoms with Gasteiger partial charge in [0.25, 0.3) is 0 Å². The van der Waals surface area contributed by atoms with Gasteiger partial charge in [-0.2, -0.15) is 0 Å². The van der Waals surface area contributed by atoms with Gasteiger partial charge in [-0.15, -0.1) is 24.0 Å². The van der Waals surface area contributed by atoms with Crippen LogP contribution < -0.4 is 15.4 Å². The summed E-state index contributed by atoms with van der Waals surface area (Å²) in [5.41, 5.74) is 0.986. The zero-order valence-electron chi connectivity index (χ0n) is 15.7. The highest BCUT2D eigenvalue weighted by Gasteiger charge is 2.28. The van der Waals surface area contributed by atoms with E-state index in [0.717, 1.165) is 24.9 Å². The van der Waals surface area contributed by atoms with Crippen molar-refractivity contribution in [2.45, 2.75) is 57.7 Å². The summed E-state index contributed by atoms with van der Waals surface area (Å²) in [4.78, 5) is 8.92. The molecule has 0 radical (unpaired) electrons. The maximum atomic E-state index is 11.6. The molecule has 2 heterocycles. The van der Waals surface area contributed by atoms with Gasteiger partial charge in [-0.1, -0.05) is 6.07 Å². The molecule has 1 aliphatic carbocycles. The molecule has 1 atom stereocenters. The van der Waals surface area contributed by atoms with Crippen LogP contribution in [0.25, 0.3) is 0 Å². The third-order valence-electron chi connectivity index (χ3n) is 4.72. The Morgan fingerprint density at radius 3 is 2.67 bits per heavy atom. The van der Waals surface area contributed by atoms with Crippen LogP contribution in [0.4, 0.5) is 0 Å². The van der Waals surface area contributed by atoms with Crippen LogP contribution in [-0.4, -0.2) is 49.6 Å². The molecule has 0 aromatic carbocycles. The van der Waals surface area contributed by atoms with Gasteiger partial charge < -0.3 is 15.4 Å². The number of aromatic nitrogens is 1. The standard InChI is InChI=1S/C18H28N4O3S.HI/c1-2-19-18(22-15-9-10-26(23,24)13-15)21-12-14-7-8-17(20-11-14)25-16-5-3-4-6-16;/h7-8,11,15-16H,2-6,9-10,12-13H2,1H3,(H2,19,21,22);1H. The summed E-state index contributed by atoms with van der Waals surface area (Å²) in [5, 5.41) is 6.38. The van der Waals surface area contributed by atoms with Crippen LogP contribution in [0.15, 0.2) is 23.3 Å². The summed E-state index contributed by atoms with van der Waals surface area (Å²) in [6.45, 7) is 3.18. The van der Waals surface area contributed by atoms with Gasteiger partial charge in [0.15, 0.2) is 15.8 Å². The minimum absolute atomic E-state index is 0. The number of sulfone groups is 1. The number of pyridine rings is 1. The summed E-state index contributed by atoms with van der Waals surface area (Å²) in [5.74, 6) is 1.73. The average Bonchev–Trinajstić information content (AvgIpc) is 3.23. The van der Waals surface area contributed by atoms with Crippen LogP contribution in [0.2, 0.25) is 0 Å². The molecule has 1 saturated heterocycles. The lowest BCUT2D eigenvalue weighted by Crippen LogP contribution is -2.44. The van der Waals surface area contributed by atoms with Gasteiger partial charge in [-0.25, -0.2) is 18.4 Å². The third kappa shape index (κ3) is 7.10. The molecular weight excluding hydrogens is 479 g/mol. The lowest BCUT2D eigenvalue weighted by Gasteiger charge is -2.16. The van der Waals surface area contributed by atoms with E-state index in [1.807, 2.05) is 19.1 Å². The highest BCUT2D eigenvalue weighted by molar-refractivity contribution is 14.0. The zero-order chi connectivity index (χ0) is 18.4. The Morgan fingerprint density at radius 2 is 2.07 bits per heavy atom. The van der Waals surface area contributed by atoms with Gasteiger partial charge in [0.05, 0.1) is 18.1 Å². The SMILES string of the molecule is CCNC(=NCc1ccc(OC2CCCC2)nc1)NC1CCS(=O)(=O)C1.I. The van der Waals surface area contributed by atoms with E-state index < -0.39 is 9.84 Å². The number of nitrogens with zero attached hydrogens (tertiary/aromatic N) is 2. The number of ether oxygens (including phenoxy) is 1. The molecule has 9 heteroatoms. The fourth-order valence-corrected chi connectivity index (χ4v) is 5.02. The molecule has 3 rings (SSSR count). The molecule has 1 aromatic rings. The van der Waals surface area contributed by atoms with E-state index in [2.05, 4.69) is 20.6 Å². The maximum absolute atomic E-state index is 11.6. The van der Waals surface area contributed by atoms with Gasteiger partial charge in [0.2, 0.25) is 5.88 Å². The largest absolute Gasteiger partial charge is 0.474 e. The lowest BCUT2D eigenvalue weighted by molar-refractivity contribution is 0.201. The topological polar surface area (TPSA) is 92.7 Å². The lowest BCUT2D eigenvalue weighted by atomic mass is 10.2. The molecule has 7 nitrogen and oxygen atoms in total. The second kappa shape index (κ2) is 10.4. The molecule has 152 valence electrons. The van der Waals surface area contributed by atoms with E-state index in [-0.39, 0.29) is 41.5 Å². The smallest absolute Gasteiger partial charge is 0.213 e. The van der Waals surface area contributed by atoms with E-state index >= 15 is 0 Å². The van der Waals surface area contributed by atoms with Crippen LogP contribution >= 0.6 is 24.0 Å². The molecular formula is C18H29IN4O3S. The van der Waals surface area contributed by atoms with Crippen LogP contribution in [0, 0.1) is 0 Å². The average molecular weight is 508 g/mol. The summed E-state index contributed by atoms with van der Waals surface area (Å²) in [7, 11) is -2.91. The minimum Gasteiger partial charge on any atom is -0.474 e. The molecule has 27 heavy (non-hydrogen) atoms. The Bertz CT molecular complexity index is 719. The number of nitrogens with one attached hydrogen (secondary N) is 2. The summed E-state index contributed by atoms with van der Waals surface area (Å²) in [6, 6.07) is 3.80. The Hall–Kier alpha value is -1.10. The van der Waals surface area contributed by atoms with Crippen molar-refractivity contribution in [3.63, 3.8) is 0 Å². The fourth-order valence-electron chi connectivity index (χ4n) is 3.34. The Balaban J connectivity index is 0.00000261. The first-order chi connectivity index (χ1) is 12.5. The van der Waals surface area contributed by atoms with E-state index in [1.165, 1.54) is 12.8 Å². The highest BCUT2D eigenvalue weighted by Crippen LogP contribution is 2.22. The number of hydrogen-bond donors (Lipinski definition) is 2. The fraction of sp³-hybridized carbons (Fsp3) is 0.667. The first kappa shape index (κ1) is 22.2. The second-order valence-electron chi connectivity index (χ2n) is 6.97. The summed E-state index contributed by atoms with van der Waals surface area (Å²) >= 11 is 0. The monoisotopic (exact) mass is 508 g/mol. The molecule has 1 aliphatic heterocycles. The minimum atomic E-state index is -2.91.